The highest BCUT2D eigenvalue weighted by Crippen LogP contribution is 2.15. The van der Waals surface area contributed by atoms with Crippen LogP contribution in [-0.4, -0.2) is 18.8 Å². The van der Waals surface area contributed by atoms with Gasteiger partial charge in [-0.05, 0) is 17.7 Å². The molecule has 0 N–H and O–H groups in total. The van der Waals surface area contributed by atoms with Crippen molar-refractivity contribution < 1.29 is 32.2 Å². The molecule has 0 bridgehead atoms. The van der Waals surface area contributed by atoms with E-state index < -0.39 is 30.3 Å². The molecule has 0 atom stereocenters. The van der Waals surface area contributed by atoms with E-state index in [2.05, 4.69) is 4.74 Å². The van der Waals surface area contributed by atoms with Crippen LogP contribution in [0.25, 0.3) is 5.76 Å². The van der Waals surface area contributed by atoms with E-state index in [1.807, 2.05) is 0 Å². The molecule has 98 valence electrons. The summed E-state index contributed by atoms with van der Waals surface area (Å²) in [5.41, 5.74) is -0.0274. The first-order valence-electron chi connectivity index (χ1n) is 4.66. The standard InChI is InChI=1S/C11H8F4O3/c12-8-3-1-7(2-4-8)9(16)5-10(17)18-6-11(13,14)15/h1-5,16H,6H2/p-1/b9-5-. The number of hydrogen-bond donors (Lipinski definition) is 0. The maximum Gasteiger partial charge on any atom is 0.422 e. The van der Waals surface area contributed by atoms with Gasteiger partial charge in [0.1, 0.15) is 5.82 Å². The normalized spacial score (nSPS) is 12.3. The van der Waals surface area contributed by atoms with Crippen molar-refractivity contribution in [2.45, 2.75) is 6.18 Å². The first kappa shape index (κ1) is 14.0. The van der Waals surface area contributed by atoms with Crippen LogP contribution in [-0.2, 0) is 9.53 Å². The van der Waals surface area contributed by atoms with Crippen LogP contribution in [0.2, 0.25) is 0 Å². The lowest BCUT2D eigenvalue weighted by Crippen LogP contribution is -2.20. The molecule has 0 saturated carbocycles. The minimum atomic E-state index is -4.65. The second kappa shape index (κ2) is 5.52. The average molecular weight is 263 g/mol. The Morgan fingerprint density at radius 3 is 2.33 bits per heavy atom. The predicted octanol–water partition coefficient (Wildman–Crippen LogP) is 1.63. The van der Waals surface area contributed by atoms with Crippen LogP contribution >= 0.6 is 0 Å². The molecule has 0 heterocycles. The first-order valence-corrected chi connectivity index (χ1v) is 4.66. The smallest absolute Gasteiger partial charge is 0.422 e. The summed E-state index contributed by atoms with van der Waals surface area (Å²) >= 11 is 0. The van der Waals surface area contributed by atoms with Crippen molar-refractivity contribution in [2.75, 3.05) is 6.61 Å². The number of carbonyl (C=O) groups excluding carboxylic acids is 1. The number of esters is 1. The number of hydrogen-bond acceptors (Lipinski definition) is 3. The molecule has 0 aromatic heterocycles. The fourth-order valence-electron chi connectivity index (χ4n) is 0.999. The van der Waals surface area contributed by atoms with E-state index in [-0.39, 0.29) is 5.56 Å². The van der Waals surface area contributed by atoms with Crippen LogP contribution in [0, 0.1) is 5.82 Å². The summed E-state index contributed by atoms with van der Waals surface area (Å²) in [6.07, 6.45) is -4.28. The topological polar surface area (TPSA) is 49.4 Å². The van der Waals surface area contributed by atoms with Crippen LogP contribution < -0.4 is 5.11 Å². The van der Waals surface area contributed by atoms with Gasteiger partial charge in [0.25, 0.3) is 0 Å². The highest BCUT2D eigenvalue weighted by Gasteiger charge is 2.29. The Morgan fingerprint density at radius 1 is 1.28 bits per heavy atom. The third-order valence-electron chi connectivity index (χ3n) is 1.76. The monoisotopic (exact) mass is 263 g/mol. The van der Waals surface area contributed by atoms with Gasteiger partial charge in [0.05, 0.1) is 0 Å². The van der Waals surface area contributed by atoms with Crippen LogP contribution in [0.4, 0.5) is 17.6 Å². The summed E-state index contributed by atoms with van der Waals surface area (Å²) in [5, 5.41) is 11.3. The Bertz CT molecular complexity index is 448. The average Bonchev–Trinajstić information content (AvgIpc) is 2.26. The summed E-state index contributed by atoms with van der Waals surface area (Å²) in [7, 11) is 0. The highest BCUT2D eigenvalue weighted by molar-refractivity contribution is 5.88. The largest absolute Gasteiger partial charge is 0.872 e. The quantitative estimate of drug-likeness (QED) is 0.360. The number of benzene rings is 1. The Kier molecular flexibility index (Phi) is 4.30. The molecular formula is C11H7F4O3-. The number of carbonyl (C=O) groups is 1. The highest BCUT2D eigenvalue weighted by atomic mass is 19.4. The molecule has 3 nitrogen and oxygen atoms in total. The van der Waals surface area contributed by atoms with Crippen LogP contribution in [0.15, 0.2) is 30.3 Å². The van der Waals surface area contributed by atoms with Gasteiger partial charge in [-0.3, -0.25) is 0 Å². The van der Waals surface area contributed by atoms with Crippen molar-refractivity contribution in [3.05, 3.63) is 41.7 Å². The summed E-state index contributed by atoms with van der Waals surface area (Å²) < 4.78 is 51.4. The first-order chi connectivity index (χ1) is 8.28. The molecule has 1 aromatic rings. The summed E-state index contributed by atoms with van der Waals surface area (Å²) in [6, 6.07) is 4.18. The van der Waals surface area contributed by atoms with E-state index in [0.29, 0.717) is 6.08 Å². The molecule has 0 saturated heterocycles. The van der Waals surface area contributed by atoms with Crippen molar-refractivity contribution in [2.24, 2.45) is 0 Å². The Morgan fingerprint density at radius 2 is 1.83 bits per heavy atom. The molecule has 0 unspecified atom stereocenters. The summed E-state index contributed by atoms with van der Waals surface area (Å²) in [4.78, 5) is 10.9. The van der Waals surface area contributed by atoms with Gasteiger partial charge in [-0.1, -0.05) is 17.9 Å². The molecule has 0 radical (unpaired) electrons. The zero-order valence-electron chi connectivity index (χ0n) is 8.83. The van der Waals surface area contributed by atoms with Crippen molar-refractivity contribution in [3.8, 4) is 0 Å². The molecule has 18 heavy (non-hydrogen) atoms. The van der Waals surface area contributed by atoms with Crippen molar-refractivity contribution in [3.63, 3.8) is 0 Å². The van der Waals surface area contributed by atoms with Gasteiger partial charge >= 0.3 is 12.1 Å². The minimum absolute atomic E-state index is 0.0274. The predicted molar refractivity (Wildman–Crippen MR) is 51.4 cm³/mol. The number of alkyl halides is 3. The van der Waals surface area contributed by atoms with Crippen molar-refractivity contribution in [1.29, 1.82) is 0 Å². The fraction of sp³-hybridized carbons (Fsp3) is 0.182. The lowest BCUT2D eigenvalue weighted by Gasteiger charge is -2.12. The Labute approximate surface area is 99.3 Å². The summed E-state index contributed by atoms with van der Waals surface area (Å²) in [6.45, 7) is -1.76. The molecule has 7 heteroatoms. The fourth-order valence-corrected chi connectivity index (χ4v) is 0.999. The molecule has 0 amide bonds. The minimum Gasteiger partial charge on any atom is -0.872 e. The third kappa shape index (κ3) is 4.86. The van der Waals surface area contributed by atoms with E-state index in [4.69, 9.17) is 0 Å². The lowest BCUT2D eigenvalue weighted by atomic mass is 10.2. The number of rotatable bonds is 3. The van der Waals surface area contributed by atoms with E-state index in [1.54, 1.807) is 0 Å². The van der Waals surface area contributed by atoms with Gasteiger partial charge in [-0.25, -0.2) is 9.18 Å². The van der Waals surface area contributed by atoms with Gasteiger partial charge in [0, 0.05) is 6.08 Å². The lowest BCUT2D eigenvalue weighted by molar-refractivity contribution is -0.244. The molecule has 1 aromatic carbocycles. The van der Waals surface area contributed by atoms with E-state index >= 15 is 0 Å². The van der Waals surface area contributed by atoms with Crippen molar-refractivity contribution in [1.82, 2.24) is 0 Å². The zero-order valence-corrected chi connectivity index (χ0v) is 8.83. The maximum absolute atomic E-state index is 12.5. The Balaban J connectivity index is 2.66. The maximum atomic E-state index is 12.5. The molecule has 0 fully saturated rings. The number of halogens is 4. The second-order valence-electron chi connectivity index (χ2n) is 3.24. The molecule has 1 rings (SSSR count). The van der Waals surface area contributed by atoms with Gasteiger partial charge < -0.3 is 9.84 Å². The summed E-state index contributed by atoms with van der Waals surface area (Å²) in [5.74, 6) is -2.84. The van der Waals surface area contributed by atoms with Crippen LogP contribution in [0.3, 0.4) is 0 Å². The number of ether oxygens (including phenoxy) is 1. The SMILES string of the molecule is O=C(/C=C(\[O-])c1ccc(F)cc1)OCC(F)(F)F. The van der Waals surface area contributed by atoms with Gasteiger partial charge in [-0.15, -0.1) is 0 Å². The third-order valence-corrected chi connectivity index (χ3v) is 1.76. The second-order valence-corrected chi connectivity index (χ2v) is 3.24. The molecule has 0 aliphatic rings. The van der Waals surface area contributed by atoms with Crippen molar-refractivity contribution >= 4 is 11.7 Å². The van der Waals surface area contributed by atoms with Gasteiger partial charge in [0.2, 0.25) is 0 Å². The van der Waals surface area contributed by atoms with E-state index in [1.165, 1.54) is 0 Å². The van der Waals surface area contributed by atoms with Gasteiger partial charge in [-0.2, -0.15) is 13.2 Å². The Hall–Kier alpha value is -2.05. The van der Waals surface area contributed by atoms with E-state index in [0.717, 1.165) is 24.3 Å². The molecular weight excluding hydrogens is 256 g/mol. The van der Waals surface area contributed by atoms with Crippen LogP contribution in [0.5, 0.6) is 0 Å². The van der Waals surface area contributed by atoms with E-state index in [9.17, 15) is 27.5 Å². The molecule has 0 aliphatic heterocycles. The molecule has 0 spiro atoms. The zero-order chi connectivity index (χ0) is 13.8. The van der Waals surface area contributed by atoms with Gasteiger partial charge in [0.15, 0.2) is 6.61 Å². The van der Waals surface area contributed by atoms with Crippen LogP contribution in [0.1, 0.15) is 5.56 Å². The molecule has 0 aliphatic carbocycles.